The Morgan fingerprint density at radius 2 is 1.67 bits per heavy atom. The van der Waals surface area contributed by atoms with Gasteiger partial charge in [0.05, 0.1) is 6.42 Å². The topological polar surface area (TPSA) is 77.2 Å². The Bertz CT molecular complexity index is 406. The highest BCUT2D eigenvalue weighted by atomic mass is 16.2. The highest BCUT2D eigenvalue weighted by Crippen LogP contribution is 2.06. The standard InChI is InChI=1S/C11H11NO3/c1-7-2-4-8(5-3-7)9(13)6-10(14)11(12)15/h2-5H,6H2,1H3,(H2,12,15). The van der Waals surface area contributed by atoms with E-state index in [0.29, 0.717) is 5.56 Å². The summed E-state index contributed by atoms with van der Waals surface area (Å²) in [7, 11) is 0. The van der Waals surface area contributed by atoms with Crippen LogP contribution >= 0.6 is 0 Å². The van der Waals surface area contributed by atoms with Gasteiger partial charge in [0.2, 0.25) is 5.78 Å². The van der Waals surface area contributed by atoms with E-state index in [9.17, 15) is 14.4 Å². The first-order chi connectivity index (χ1) is 7.00. The molecule has 0 radical (unpaired) electrons. The van der Waals surface area contributed by atoms with Crippen LogP contribution in [-0.2, 0) is 9.59 Å². The molecule has 0 heterocycles. The monoisotopic (exact) mass is 205 g/mol. The molecule has 0 spiro atoms. The maximum Gasteiger partial charge on any atom is 0.285 e. The van der Waals surface area contributed by atoms with E-state index in [0.717, 1.165) is 5.56 Å². The molecule has 0 aromatic heterocycles. The molecule has 78 valence electrons. The highest BCUT2D eigenvalue weighted by molar-refractivity contribution is 6.39. The normalized spacial score (nSPS) is 9.67. The summed E-state index contributed by atoms with van der Waals surface area (Å²) in [5, 5.41) is 0. The third-order valence-electron chi connectivity index (χ3n) is 1.97. The van der Waals surface area contributed by atoms with E-state index >= 15 is 0 Å². The number of amides is 1. The number of rotatable bonds is 4. The fourth-order valence-electron chi connectivity index (χ4n) is 1.07. The third-order valence-corrected chi connectivity index (χ3v) is 1.97. The van der Waals surface area contributed by atoms with E-state index in [-0.39, 0.29) is 5.78 Å². The molecule has 1 amide bonds. The molecule has 1 rings (SSSR count). The van der Waals surface area contributed by atoms with Gasteiger partial charge in [-0.05, 0) is 6.92 Å². The first-order valence-electron chi connectivity index (χ1n) is 4.43. The summed E-state index contributed by atoms with van der Waals surface area (Å²) in [4.78, 5) is 32.8. The number of hydrogen-bond donors (Lipinski definition) is 1. The van der Waals surface area contributed by atoms with E-state index < -0.39 is 18.1 Å². The zero-order chi connectivity index (χ0) is 11.4. The predicted octanol–water partition coefficient (Wildman–Crippen LogP) is 0.622. The lowest BCUT2D eigenvalue weighted by Gasteiger charge is -1.99. The first kappa shape index (κ1) is 11.1. The van der Waals surface area contributed by atoms with Crippen LogP contribution in [-0.4, -0.2) is 17.5 Å². The number of hydrogen-bond acceptors (Lipinski definition) is 3. The maximum absolute atomic E-state index is 11.4. The summed E-state index contributed by atoms with van der Waals surface area (Å²) in [6.45, 7) is 1.89. The van der Waals surface area contributed by atoms with Crippen molar-refractivity contribution in [2.24, 2.45) is 5.73 Å². The van der Waals surface area contributed by atoms with Gasteiger partial charge in [-0.15, -0.1) is 0 Å². The number of carbonyl (C=O) groups excluding carboxylic acids is 3. The Balaban J connectivity index is 2.74. The second kappa shape index (κ2) is 4.50. The average Bonchev–Trinajstić information content (AvgIpc) is 2.18. The summed E-state index contributed by atoms with van der Waals surface area (Å²) in [6.07, 6.45) is -0.460. The van der Waals surface area contributed by atoms with Crippen molar-refractivity contribution in [3.8, 4) is 0 Å². The van der Waals surface area contributed by atoms with Crippen molar-refractivity contribution >= 4 is 17.5 Å². The van der Waals surface area contributed by atoms with Crippen LogP contribution in [0.5, 0.6) is 0 Å². The minimum atomic E-state index is -1.07. The van der Waals surface area contributed by atoms with Gasteiger partial charge in [0.25, 0.3) is 5.91 Å². The Morgan fingerprint density at radius 1 is 1.13 bits per heavy atom. The molecular formula is C11H11NO3. The van der Waals surface area contributed by atoms with Crippen molar-refractivity contribution < 1.29 is 14.4 Å². The molecule has 0 bridgehead atoms. The van der Waals surface area contributed by atoms with Gasteiger partial charge in [0.1, 0.15) is 0 Å². The summed E-state index contributed by atoms with van der Waals surface area (Å²) < 4.78 is 0. The Hall–Kier alpha value is -1.97. The molecular weight excluding hydrogens is 194 g/mol. The molecule has 2 N–H and O–H groups in total. The smallest absolute Gasteiger partial charge is 0.285 e. The van der Waals surface area contributed by atoms with Crippen molar-refractivity contribution in [2.45, 2.75) is 13.3 Å². The lowest BCUT2D eigenvalue weighted by atomic mass is 10.0. The predicted molar refractivity (Wildman–Crippen MR) is 54.3 cm³/mol. The van der Waals surface area contributed by atoms with Crippen LogP contribution in [0.25, 0.3) is 0 Å². The van der Waals surface area contributed by atoms with Gasteiger partial charge < -0.3 is 5.73 Å². The van der Waals surface area contributed by atoms with E-state index in [1.54, 1.807) is 24.3 Å². The molecule has 0 saturated carbocycles. The summed E-state index contributed by atoms with van der Waals surface area (Å²) in [6, 6.07) is 6.77. The van der Waals surface area contributed by atoms with Crippen molar-refractivity contribution in [1.82, 2.24) is 0 Å². The van der Waals surface area contributed by atoms with Crippen molar-refractivity contribution in [3.63, 3.8) is 0 Å². The largest absolute Gasteiger partial charge is 0.363 e. The van der Waals surface area contributed by atoms with Gasteiger partial charge in [-0.2, -0.15) is 0 Å². The molecule has 15 heavy (non-hydrogen) atoms. The zero-order valence-electron chi connectivity index (χ0n) is 8.32. The maximum atomic E-state index is 11.4. The third kappa shape index (κ3) is 3.02. The zero-order valence-corrected chi connectivity index (χ0v) is 8.32. The molecule has 0 fully saturated rings. The quantitative estimate of drug-likeness (QED) is 0.444. The Kier molecular flexibility index (Phi) is 3.33. The fraction of sp³-hybridized carbons (Fsp3) is 0.182. The average molecular weight is 205 g/mol. The van der Waals surface area contributed by atoms with E-state index in [1.165, 1.54) is 0 Å². The molecule has 1 aromatic rings. The molecule has 0 aliphatic rings. The minimum Gasteiger partial charge on any atom is -0.363 e. The molecule has 4 heteroatoms. The molecule has 4 nitrogen and oxygen atoms in total. The number of Topliss-reactive ketones (excluding diaryl/α,β-unsaturated/α-hetero) is 2. The molecule has 1 aromatic carbocycles. The van der Waals surface area contributed by atoms with Crippen LogP contribution in [0, 0.1) is 6.92 Å². The summed E-state index contributed by atoms with van der Waals surface area (Å²) in [5.41, 5.74) is 6.18. The van der Waals surface area contributed by atoms with Crippen molar-refractivity contribution in [2.75, 3.05) is 0 Å². The van der Waals surface area contributed by atoms with Gasteiger partial charge in [0.15, 0.2) is 5.78 Å². The second-order valence-electron chi connectivity index (χ2n) is 3.25. The molecule has 0 aliphatic carbocycles. The number of ketones is 2. The Morgan fingerprint density at radius 3 is 2.13 bits per heavy atom. The van der Waals surface area contributed by atoms with Crippen molar-refractivity contribution in [1.29, 1.82) is 0 Å². The van der Waals surface area contributed by atoms with Gasteiger partial charge in [-0.1, -0.05) is 29.8 Å². The van der Waals surface area contributed by atoms with Crippen LogP contribution in [0.1, 0.15) is 22.3 Å². The van der Waals surface area contributed by atoms with E-state index in [4.69, 9.17) is 5.73 Å². The van der Waals surface area contributed by atoms with E-state index in [1.807, 2.05) is 6.92 Å². The SMILES string of the molecule is Cc1ccc(C(=O)CC(=O)C(N)=O)cc1. The van der Waals surface area contributed by atoms with Crippen LogP contribution in [0.4, 0.5) is 0 Å². The first-order valence-corrected chi connectivity index (χ1v) is 4.43. The highest BCUT2D eigenvalue weighted by Gasteiger charge is 2.15. The molecule has 0 saturated heterocycles. The summed E-state index contributed by atoms with van der Waals surface area (Å²) >= 11 is 0. The number of nitrogens with two attached hydrogens (primary N) is 1. The fourth-order valence-corrected chi connectivity index (χ4v) is 1.07. The number of benzene rings is 1. The number of carbonyl (C=O) groups is 3. The number of primary amides is 1. The number of aryl methyl sites for hydroxylation is 1. The van der Waals surface area contributed by atoms with E-state index in [2.05, 4.69) is 0 Å². The van der Waals surface area contributed by atoms with Crippen LogP contribution in [0.2, 0.25) is 0 Å². The lowest BCUT2D eigenvalue weighted by Crippen LogP contribution is -2.25. The minimum absolute atomic E-state index is 0.390. The van der Waals surface area contributed by atoms with Crippen LogP contribution < -0.4 is 5.73 Å². The molecule has 0 aliphatic heterocycles. The summed E-state index contributed by atoms with van der Waals surface area (Å²) in [5.74, 6) is -2.32. The molecule has 0 unspecified atom stereocenters. The second-order valence-corrected chi connectivity index (χ2v) is 3.25. The van der Waals surface area contributed by atoms with Crippen LogP contribution in [0.3, 0.4) is 0 Å². The van der Waals surface area contributed by atoms with Gasteiger partial charge in [-0.25, -0.2) is 0 Å². The molecule has 0 atom stereocenters. The lowest BCUT2D eigenvalue weighted by molar-refractivity contribution is -0.135. The van der Waals surface area contributed by atoms with Crippen molar-refractivity contribution in [3.05, 3.63) is 35.4 Å². The van der Waals surface area contributed by atoms with Gasteiger partial charge in [-0.3, -0.25) is 14.4 Å². The Labute approximate surface area is 87.1 Å². The van der Waals surface area contributed by atoms with Crippen LogP contribution in [0.15, 0.2) is 24.3 Å². The van der Waals surface area contributed by atoms with Gasteiger partial charge >= 0.3 is 0 Å². The van der Waals surface area contributed by atoms with Gasteiger partial charge in [0, 0.05) is 5.56 Å².